The summed E-state index contributed by atoms with van der Waals surface area (Å²) in [5, 5.41) is 9.00. The average molecular weight is 263 g/mol. The van der Waals surface area contributed by atoms with Crippen molar-refractivity contribution in [2.45, 2.75) is 6.04 Å². The molecule has 1 heterocycles. The van der Waals surface area contributed by atoms with Gasteiger partial charge < -0.3 is 25.3 Å². The second kappa shape index (κ2) is 5.73. The molecule has 102 valence electrons. The quantitative estimate of drug-likeness (QED) is 0.750. The Morgan fingerprint density at radius 1 is 1.32 bits per heavy atom. The lowest BCUT2D eigenvalue weighted by Gasteiger charge is -2.08. The van der Waals surface area contributed by atoms with Gasteiger partial charge >= 0.3 is 0 Å². The number of aliphatic hydroxyl groups excluding tert-OH is 1. The molecule has 1 aromatic carbocycles. The van der Waals surface area contributed by atoms with E-state index in [1.54, 1.807) is 20.4 Å². The van der Waals surface area contributed by atoms with Gasteiger partial charge in [0.1, 0.15) is 5.82 Å². The molecule has 0 aliphatic rings. The second-order valence-corrected chi connectivity index (χ2v) is 4.04. The summed E-state index contributed by atoms with van der Waals surface area (Å²) >= 11 is 0. The van der Waals surface area contributed by atoms with Crippen LogP contribution in [0.2, 0.25) is 0 Å². The van der Waals surface area contributed by atoms with Crippen LogP contribution in [0.5, 0.6) is 11.5 Å². The Morgan fingerprint density at radius 3 is 2.68 bits per heavy atom. The number of hydrogen-bond acceptors (Lipinski definition) is 5. The Morgan fingerprint density at radius 2 is 2.05 bits per heavy atom. The molecule has 1 aromatic heterocycles. The third kappa shape index (κ3) is 2.69. The van der Waals surface area contributed by atoms with Gasteiger partial charge in [0.05, 0.1) is 38.8 Å². The molecule has 0 saturated carbocycles. The van der Waals surface area contributed by atoms with E-state index in [0.717, 1.165) is 11.3 Å². The van der Waals surface area contributed by atoms with Crippen molar-refractivity contribution in [3.05, 3.63) is 30.2 Å². The molecule has 2 rings (SSSR count). The van der Waals surface area contributed by atoms with Crippen molar-refractivity contribution in [3.8, 4) is 22.8 Å². The molecule has 2 aromatic rings. The van der Waals surface area contributed by atoms with Crippen molar-refractivity contribution < 1.29 is 14.6 Å². The Hall–Kier alpha value is -2.05. The lowest BCUT2D eigenvalue weighted by Crippen LogP contribution is -2.15. The molecule has 6 heteroatoms. The molecule has 19 heavy (non-hydrogen) atoms. The van der Waals surface area contributed by atoms with Gasteiger partial charge in [0, 0.05) is 5.56 Å². The summed E-state index contributed by atoms with van der Waals surface area (Å²) in [7, 11) is 3.17. The fraction of sp³-hybridized carbons (Fsp3) is 0.308. The summed E-state index contributed by atoms with van der Waals surface area (Å²) in [5.74, 6) is 1.85. The van der Waals surface area contributed by atoms with Crippen molar-refractivity contribution in [2.24, 2.45) is 5.73 Å². The summed E-state index contributed by atoms with van der Waals surface area (Å²) in [6.07, 6.45) is 1.67. The molecular formula is C13H17N3O3. The molecule has 0 bridgehead atoms. The average Bonchev–Trinajstić information content (AvgIpc) is 2.95. The molecule has 0 radical (unpaired) electrons. The zero-order valence-corrected chi connectivity index (χ0v) is 10.9. The molecule has 6 nitrogen and oxygen atoms in total. The zero-order valence-electron chi connectivity index (χ0n) is 10.9. The van der Waals surface area contributed by atoms with Crippen molar-refractivity contribution in [2.75, 3.05) is 20.8 Å². The van der Waals surface area contributed by atoms with Crippen LogP contribution >= 0.6 is 0 Å². The Balaban J connectivity index is 2.34. The molecular weight excluding hydrogens is 246 g/mol. The SMILES string of the molecule is COc1ccc(-c2cnc(C(N)CO)[nH]2)cc1OC. The number of nitrogens with zero attached hydrogens (tertiary/aromatic N) is 1. The molecule has 0 saturated heterocycles. The minimum absolute atomic E-state index is 0.154. The fourth-order valence-electron chi connectivity index (χ4n) is 1.76. The fourth-order valence-corrected chi connectivity index (χ4v) is 1.76. The number of aromatic nitrogens is 2. The number of rotatable bonds is 5. The summed E-state index contributed by atoms with van der Waals surface area (Å²) in [4.78, 5) is 7.23. The van der Waals surface area contributed by atoms with E-state index in [1.807, 2.05) is 18.2 Å². The van der Waals surface area contributed by atoms with Crippen LogP contribution in [0.1, 0.15) is 11.9 Å². The molecule has 0 aliphatic heterocycles. The standard InChI is InChI=1S/C13H17N3O3/c1-18-11-4-3-8(5-12(11)19-2)10-6-15-13(16-10)9(14)7-17/h3-6,9,17H,7,14H2,1-2H3,(H,15,16). The minimum atomic E-state index is -0.506. The first-order valence-corrected chi connectivity index (χ1v) is 5.83. The van der Waals surface area contributed by atoms with Crippen LogP contribution in [0.4, 0.5) is 0 Å². The van der Waals surface area contributed by atoms with E-state index in [0.29, 0.717) is 17.3 Å². The van der Waals surface area contributed by atoms with Gasteiger partial charge in [-0.1, -0.05) is 0 Å². The van der Waals surface area contributed by atoms with E-state index < -0.39 is 6.04 Å². The van der Waals surface area contributed by atoms with Crippen LogP contribution in [0.15, 0.2) is 24.4 Å². The highest BCUT2D eigenvalue weighted by atomic mass is 16.5. The van der Waals surface area contributed by atoms with Crippen LogP contribution in [0.25, 0.3) is 11.3 Å². The number of nitrogens with one attached hydrogen (secondary N) is 1. The highest BCUT2D eigenvalue weighted by Crippen LogP contribution is 2.31. The predicted molar refractivity (Wildman–Crippen MR) is 71.1 cm³/mol. The lowest BCUT2D eigenvalue weighted by atomic mass is 10.1. The summed E-state index contributed by atoms with van der Waals surface area (Å²) < 4.78 is 10.4. The Bertz CT molecular complexity index is 554. The maximum Gasteiger partial charge on any atom is 0.161 e. The summed E-state index contributed by atoms with van der Waals surface area (Å²) in [6.45, 7) is -0.154. The monoisotopic (exact) mass is 263 g/mol. The second-order valence-electron chi connectivity index (χ2n) is 4.04. The molecule has 4 N–H and O–H groups in total. The highest BCUT2D eigenvalue weighted by molar-refractivity contribution is 5.63. The van der Waals surface area contributed by atoms with Gasteiger partial charge in [-0.15, -0.1) is 0 Å². The third-order valence-electron chi connectivity index (χ3n) is 2.84. The smallest absolute Gasteiger partial charge is 0.161 e. The molecule has 1 unspecified atom stereocenters. The van der Waals surface area contributed by atoms with Gasteiger partial charge in [0.15, 0.2) is 11.5 Å². The predicted octanol–water partition coefficient (Wildman–Crippen LogP) is 1.09. The number of ether oxygens (including phenoxy) is 2. The summed E-state index contributed by atoms with van der Waals surface area (Å²) in [6, 6.07) is 5.05. The third-order valence-corrected chi connectivity index (χ3v) is 2.84. The first kappa shape index (κ1) is 13.4. The van der Waals surface area contributed by atoms with Crippen LogP contribution in [-0.2, 0) is 0 Å². The molecule has 0 spiro atoms. The van der Waals surface area contributed by atoms with Gasteiger partial charge in [-0.3, -0.25) is 0 Å². The Kier molecular flexibility index (Phi) is 4.03. The molecule has 0 fully saturated rings. The first-order valence-electron chi connectivity index (χ1n) is 5.83. The maximum atomic E-state index is 9.00. The van der Waals surface area contributed by atoms with E-state index in [1.165, 1.54) is 0 Å². The first-order chi connectivity index (χ1) is 9.19. The van der Waals surface area contributed by atoms with Gasteiger partial charge in [0.25, 0.3) is 0 Å². The van der Waals surface area contributed by atoms with Crippen LogP contribution < -0.4 is 15.2 Å². The van der Waals surface area contributed by atoms with Crippen molar-refractivity contribution in [1.29, 1.82) is 0 Å². The number of hydrogen-bond donors (Lipinski definition) is 3. The zero-order chi connectivity index (χ0) is 13.8. The van der Waals surface area contributed by atoms with E-state index in [4.69, 9.17) is 20.3 Å². The number of nitrogens with two attached hydrogens (primary N) is 1. The minimum Gasteiger partial charge on any atom is -0.493 e. The number of benzene rings is 1. The van der Waals surface area contributed by atoms with Crippen LogP contribution in [0, 0.1) is 0 Å². The Labute approximate surface area is 111 Å². The topological polar surface area (TPSA) is 93.4 Å². The van der Waals surface area contributed by atoms with Crippen molar-refractivity contribution in [1.82, 2.24) is 9.97 Å². The van der Waals surface area contributed by atoms with Crippen LogP contribution in [0.3, 0.4) is 0 Å². The molecule has 1 atom stereocenters. The van der Waals surface area contributed by atoms with Crippen LogP contribution in [-0.4, -0.2) is 35.9 Å². The van der Waals surface area contributed by atoms with E-state index in [-0.39, 0.29) is 6.61 Å². The number of H-pyrrole nitrogens is 1. The van der Waals surface area contributed by atoms with E-state index >= 15 is 0 Å². The highest BCUT2D eigenvalue weighted by Gasteiger charge is 2.11. The number of methoxy groups -OCH3 is 2. The normalized spacial score (nSPS) is 12.2. The summed E-state index contributed by atoms with van der Waals surface area (Å²) in [5.41, 5.74) is 7.41. The van der Waals surface area contributed by atoms with Crippen molar-refractivity contribution >= 4 is 0 Å². The van der Waals surface area contributed by atoms with Gasteiger partial charge in [-0.05, 0) is 18.2 Å². The van der Waals surface area contributed by atoms with Crippen molar-refractivity contribution in [3.63, 3.8) is 0 Å². The van der Waals surface area contributed by atoms with Gasteiger partial charge in [0.2, 0.25) is 0 Å². The number of aliphatic hydroxyl groups is 1. The number of imidazole rings is 1. The van der Waals surface area contributed by atoms with E-state index in [2.05, 4.69) is 9.97 Å². The molecule has 0 aliphatic carbocycles. The number of aromatic amines is 1. The molecule has 0 amide bonds. The lowest BCUT2D eigenvalue weighted by molar-refractivity contribution is 0.264. The van der Waals surface area contributed by atoms with Gasteiger partial charge in [-0.2, -0.15) is 0 Å². The maximum absolute atomic E-state index is 9.00. The van der Waals surface area contributed by atoms with Gasteiger partial charge in [-0.25, -0.2) is 4.98 Å². The largest absolute Gasteiger partial charge is 0.493 e. The van der Waals surface area contributed by atoms with E-state index in [9.17, 15) is 0 Å².